The van der Waals surface area contributed by atoms with E-state index in [1.54, 1.807) is 23.5 Å². The van der Waals surface area contributed by atoms with Crippen molar-refractivity contribution in [2.24, 2.45) is 0 Å². The predicted molar refractivity (Wildman–Crippen MR) is 132 cm³/mol. The molecule has 0 unspecified atom stereocenters. The van der Waals surface area contributed by atoms with Crippen molar-refractivity contribution in [2.45, 2.75) is 32.9 Å². The van der Waals surface area contributed by atoms with Crippen LogP contribution in [0.5, 0.6) is 5.75 Å². The fraction of sp³-hybridized carbons (Fsp3) is 0.308. The first kappa shape index (κ1) is 24.7. The zero-order chi connectivity index (χ0) is 24.8. The molecule has 0 aliphatic carbocycles. The lowest BCUT2D eigenvalue weighted by Crippen LogP contribution is -2.36. The number of nitrogens with zero attached hydrogens (tertiary/aromatic N) is 1. The first-order valence-electron chi connectivity index (χ1n) is 11.4. The minimum atomic E-state index is -2.85. The molecule has 0 atom stereocenters. The summed E-state index contributed by atoms with van der Waals surface area (Å²) in [7, 11) is 0. The highest BCUT2D eigenvalue weighted by Crippen LogP contribution is 2.27. The molecule has 9 heteroatoms. The quantitative estimate of drug-likeness (QED) is 0.451. The van der Waals surface area contributed by atoms with Crippen LogP contribution in [0, 0.1) is 6.92 Å². The van der Waals surface area contributed by atoms with E-state index in [1.807, 2.05) is 30.0 Å². The third kappa shape index (κ3) is 6.36. The van der Waals surface area contributed by atoms with Gasteiger partial charge < -0.3 is 20.3 Å². The molecule has 1 aliphatic rings. The molecule has 0 saturated carbocycles. The predicted octanol–water partition coefficient (Wildman–Crippen LogP) is 4.63. The Morgan fingerprint density at radius 1 is 1.14 bits per heavy atom. The fourth-order valence-electron chi connectivity index (χ4n) is 4.07. The van der Waals surface area contributed by atoms with Gasteiger partial charge in [0.05, 0.1) is 6.54 Å². The second kappa shape index (κ2) is 11.3. The van der Waals surface area contributed by atoms with Gasteiger partial charge in [0.25, 0.3) is 5.91 Å². The minimum absolute atomic E-state index is 0.00239. The summed E-state index contributed by atoms with van der Waals surface area (Å²) in [4.78, 5) is 28.7. The number of carbonyl (C=O) groups excluding carboxylic acids is 2. The molecule has 184 valence electrons. The number of hydrogen-bond acceptors (Lipinski definition) is 5. The van der Waals surface area contributed by atoms with E-state index < -0.39 is 6.61 Å². The van der Waals surface area contributed by atoms with Crippen molar-refractivity contribution < 1.29 is 23.1 Å². The molecule has 0 fully saturated rings. The van der Waals surface area contributed by atoms with Crippen molar-refractivity contribution in [3.63, 3.8) is 0 Å². The van der Waals surface area contributed by atoms with Gasteiger partial charge >= 0.3 is 6.61 Å². The molecular formula is C26H27F2N3O3S. The number of ether oxygens (including phenoxy) is 1. The molecule has 1 aromatic heterocycles. The molecule has 4 rings (SSSR count). The van der Waals surface area contributed by atoms with Gasteiger partial charge in [0.1, 0.15) is 5.75 Å². The highest BCUT2D eigenvalue weighted by molar-refractivity contribution is 7.10. The summed E-state index contributed by atoms with van der Waals surface area (Å²) in [6.45, 7) is 0.838. The molecule has 0 saturated heterocycles. The smallest absolute Gasteiger partial charge is 0.387 e. The van der Waals surface area contributed by atoms with Gasteiger partial charge in [-0.1, -0.05) is 18.2 Å². The maximum absolute atomic E-state index is 13.2. The number of thiophene rings is 1. The summed E-state index contributed by atoms with van der Waals surface area (Å²) in [5, 5.41) is 8.04. The number of fused-ring (bicyclic) bond motifs is 1. The van der Waals surface area contributed by atoms with Gasteiger partial charge in [0, 0.05) is 35.8 Å². The van der Waals surface area contributed by atoms with Gasteiger partial charge in [-0.15, -0.1) is 11.3 Å². The molecular weight excluding hydrogens is 472 g/mol. The lowest BCUT2D eigenvalue weighted by Gasteiger charge is -2.28. The van der Waals surface area contributed by atoms with Crippen molar-refractivity contribution in [3.05, 3.63) is 81.0 Å². The highest BCUT2D eigenvalue weighted by atomic mass is 32.1. The fourth-order valence-corrected chi connectivity index (χ4v) is 4.96. The van der Waals surface area contributed by atoms with E-state index in [9.17, 15) is 18.4 Å². The molecule has 2 aromatic carbocycles. The minimum Gasteiger partial charge on any atom is -0.435 e. The lowest BCUT2D eigenvalue weighted by molar-refractivity contribution is -0.119. The summed E-state index contributed by atoms with van der Waals surface area (Å²) in [5.41, 5.74) is 4.31. The SMILES string of the molecule is Cc1c(NCC(=O)NCCc2ccc(OC(F)F)cc2)cccc1C(=O)N1CCc2sccc2C1. The highest BCUT2D eigenvalue weighted by Gasteiger charge is 2.24. The summed E-state index contributed by atoms with van der Waals surface area (Å²) in [5.74, 6) is -0.0817. The van der Waals surface area contributed by atoms with E-state index >= 15 is 0 Å². The third-order valence-corrected chi connectivity index (χ3v) is 7.01. The number of benzene rings is 2. The number of rotatable bonds is 9. The molecule has 2 heterocycles. The zero-order valence-corrected chi connectivity index (χ0v) is 20.2. The Morgan fingerprint density at radius 2 is 1.94 bits per heavy atom. The van der Waals surface area contributed by atoms with E-state index in [0.29, 0.717) is 31.6 Å². The monoisotopic (exact) mass is 499 g/mol. The van der Waals surface area contributed by atoms with E-state index in [0.717, 1.165) is 23.2 Å². The molecule has 1 aliphatic heterocycles. The van der Waals surface area contributed by atoms with Crippen LogP contribution < -0.4 is 15.4 Å². The van der Waals surface area contributed by atoms with Crippen LogP contribution in [0.1, 0.15) is 31.9 Å². The maximum atomic E-state index is 13.2. The standard InChI is InChI=1S/C26H27F2N3O3S/c1-17-21(25(33)31-13-10-23-19(16-31)11-14-35-23)3-2-4-22(17)30-15-24(32)29-12-9-18-5-7-20(8-6-18)34-26(27)28/h2-8,11,14,26,30H,9-10,12-13,15-16H2,1H3,(H,29,32). The van der Waals surface area contributed by atoms with Crippen molar-refractivity contribution in [1.82, 2.24) is 10.2 Å². The summed E-state index contributed by atoms with van der Waals surface area (Å²) < 4.78 is 28.8. The second-order valence-corrected chi connectivity index (χ2v) is 9.30. The van der Waals surface area contributed by atoms with Gasteiger partial charge in [-0.05, 0) is 72.2 Å². The van der Waals surface area contributed by atoms with E-state index in [-0.39, 0.29) is 24.1 Å². The maximum Gasteiger partial charge on any atom is 0.387 e. The summed E-state index contributed by atoms with van der Waals surface area (Å²) in [6.07, 6.45) is 1.44. The number of anilines is 1. The third-order valence-electron chi connectivity index (χ3n) is 5.98. The lowest BCUT2D eigenvalue weighted by atomic mass is 10.0. The molecule has 35 heavy (non-hydrogen) atoms. The van der Waals surface area contributed by atoms with Gasteiger partial charge in [-0.25, -0.2) is 0 Å². The number of nitrogens with one attached hydrogen (secondary N) is 2. The van der Waals surface area contributed by atoms with Crippen molar-refractivity contribution >= 4 is 28.8 Å². The van der Waals surface area contributed by atoms with Crippen molar-refractivity contribution in [3.8, 4) is 5.75 Å². The van der Waals surface area contributed by atoms with Gasteiger partial charge in [-0.2, -0.15) is 8.78 Å². The number of amides is 2. The normalized spacial score (nSPS) is 12.9. The van der Waals surface area contributed by atoms with Crippen LogP contribution in [-0.2, 0) is 24.2 Å². The second-order valence-electron chi connectivity index (χ2n) is 8.30. The van der Waals surface area contributed by atoms with Crippen LogP contribution in [0.3, 0.4) is 0 Å². The van der Waals surface area contributed by atoms with Crippen LogP contribution in [0.25, 0.3) is 0 Å². The van der Waals surface area contributed by atoms with Gasteiger partial charge in [0.2, 0.25) is 5.91 Å². The molecule has 6 nitrogen and oxygen atoms in total. The molecule has 0 bridgehead atoms. The first-order chi connectivity index (χ1) is 16.9. The van der Waals surface area contributed by atoms with Gasteiger partial charge in [0.15, 0.2) is 0 Å². The average molecular weight is 500 g/mol. The number of alkyl halides is 2. The Morgan fingerprint density at radius 3 is 2.71 bits per heavy atom. The van der Waals surface area contributed by atoms with E-state index in [1.165, 1.54) is 22.6 Å². The average Bonchev–Trinajstić information content (AvgIpc) is 3.32. The number of hydrogen-bond donors (Lipinski definition) is 2. The molecule has 2 N–H and O–H groups in total. The Bertz CT molecular complexity index is 1180. The summed E-state index contributed by atoms with van der Waals surface area (Å²) >= 11 is 1.74. The topological polar surface area (TPSA) is 70.7 Å². The van der Waals surface area contributed by atoms with Gasteiger partial charge in [-0.3, -0.25) is 9.59 Å². The number of carbonyl (C=O) groups is 2. The Hall–Kier alpha value is -3.46. The Labute approximate surface area is 206 Å². The van der Waals surface area contributed by atoms with Crippen molar-refractivity contribution in [1.29, 1.82) is 0 Å². The molecule has 2 amide bonds. The van der Waals surface area contributed by atoms with Crippen LogP contribution in [0.15, 0.2) is 53.9 Å². The van der Waals surface area contributed by atoms with Crippen LogP contribution in [0.2, 0.25) is 0 Å². The largest absolute Gasteiger partial charge is 0.435 e. The van der Waals surface area contributed by atoms with Crippen LogP contribution in [-0.4, -0.2) is 43.0 Å². The number of halogens is 2. The Kier molecular flexibility index (Phi) is 7.97. The zero-order valence-electron chi connectivity index (χ0n) is 19.4. The summed E-state index contributed by atoms with van der Waals surface area (Å²) in [6, 6.07) is 13.9. The van der Waals surface area contributed by atoms with E-state index in [2.05, 4.69) is 26.8 Å². The van der Waals surface area contributed by atoms with Crippen molar-refractivity contribution in [2.75, 3.05) is 25.0 Å². The molecule has 3 aromatic rings. The first-order valence-corrected chi connectivity index (χ1v) is 12.3. The molecule has 0 spiro atoms. The van der Waals surface area contributed by atoms with Crippen LogP contribution >= 0.6 is 11.3 Å². The Balaban J connectivity index is 1.26. The van der Waals surface area contributed by atoms with Crippen LogP contribution in [0.4, 0.5) is 14.5 Å². The molecule has 0 radical (unpaired) electrons. The van der Waals surface area contributed by atoms with E-state index in [4.69, 9.17) is 0 Å².